The van der Waals surface area contributed by atoms with E-state index in [2.05, 4.69) is 11.4 Å². The number of piperazine rings is 1. The standard InChI is InChI=1S/C15H16N2O/c18-15(17-9-7-16-8-10-17)14-6-5-12-3-1-2-4-13(12)11-14/h1-6,11,16H,7-10H2. The predicted octanol–water partition coefficient (Wildman–Crippen LogP) is 1.89. The summed E-state index contributed by atoms with van der Waals surface area (Å²) in [6, 6.07) is 14.1. The van der Waals surface area contributed by atoms with Crippen LogP contribution in [0.25, 0.3) is 10.8 Å². The number of amides is 1. The predicted molar refractivity (Wildman–Crippen MR) is 72.7 cm³/mol. The van der Waals surface area contributed by atoms with Crippen LogP contribution >= 0.6 is 0 Å². The molecule has 18 heavy (non-hydrogen) atoms. The largest absolute Gasteiger partial charge is 0.336 e. The second-order valence-electron chi connectivity index (χ2n) is 4.60. The molecule has 1 aliphatic rings. The topological polar surface area (TPSA) is 32.3 Å². The fourth-order valence-corrected chi connectivity index (χ4v) is 2.37. The van der Waals surface area contributed by atoms with Crippen molar-refractivity contribution in [3.8, 4) is 0 Å². The lowest BCUT2D eigenvalue weighted by molar-refractivity contribution is 0.0736. The van der Waals surface area contributed by atoms with E-state index in [0.29, 0.717) is 0 Å². The molecule has 1 amide bonds. The van der Waals surface area contributed by atoms with Crippen LogP contribution in [0.3, 0.4) is 0 Å². The van der Waals surface area contributed by atoms with Crippen LogP contribution in [0.4, 0.5) is 0 Å². The lowest BCUT2D eigenvalue weighted by Crippen LogP contribution is -2.46. The zero-order chi connectivity index (χ0) is 12.4. The van der Waals surface area contributed by atoms with Gasteiger partial charge >= 0.3 is 0 Å². The molecular weight excluding hydrogens is 224 g/mol. The zero-order valence-corrected chi connectivity index (χ0v) is 10.2. The Bertz CT molecular complexity index is 573. The van der Waals surface area contributed by atoms with E-state index >= 15 is 0 Å². The van der Waals surface area contributed by atoms with Crippen molar-refractivity contribution in [3.63, 3.8) is 0 Å². The minimum Gasteiger partial charge on any atom is -0.336 e. The van der Waals surface area contributed by atoms with Gasteiger partial charge in [-0.25, -0.2) is 0 Å². The minimum absolute atomic E-state index is 0.141. The fourth-order valence-electron chi connectivity index (χ4n) is 2.37. The molecule has 0 spiro atoms. The Morgan fingerprint density at radius 1 is 1.00 bits per heavy atom. The number of nitrogens with zero attached hydrogens (tertiary/aromatic N) is 1. The van der Waals surface area contributed by atoms with E-state index in [1.54, 1.807) is 0 Å². The molecule has 0 atom stereocenters. The summed E-state index contributed by atoms with van der Waals surface area (Å²) < 4.78 is 0. The summed E-state index contributed by atoms with van der Waals surface area (Å²) in [5, 5.41) is 5.56. The molecule has 2 aromatic rings. The average Bonchev–Trinajstić information content (AvgIpc) is 2.47. The Balaban J connectivity index is 1.91. The number of carbonyl (C=O) groups excluding carboxylic acids is 1. The van der Waals surface area contributed by atoms with Crippen molar-refractivity contribution in [2.24, 2.45) is 0 Å². The molecule has 1 N–H and O–H groups in total. The molecule has 1 saturated heterocycles. The Morgan fingerprint density at radius 3 is 2.50 bits per heavy atom. The van der Waals surface area contributed by atoms with Crippen molar-refractivity contribution < 1.29 is 4.79 Å². The van der Waals surface area contributed by atoms with Gasteiger partial charge in [0, 0.05) is 31.7 Å². The number of hydrogen-bond donors (Lipinski definition) is 1. The summed E-state index contributed by atoms with van der Waals surface area (Å²) >= 11 is 0. The van der Waals surface area contributed by atoms with E-state index in [0.717, 1.165) is 37.1 Å². The maximum atomic E-state index is 12.3. The third kappa shape index (κ3) is 2.09. The van der Waals surface area contributed by atoms with Crippen LogP contribution in [0.5, 0.6) is 0 Å². The lowest BCUT2D eigenvalue weighted by Gasteiger charge is -2.27. The van der Waals surface area contributed by atoms with E-state index in [1.807, 2.05) is 41.3 Å². The van der Waals surface area contributed by atoms with Gasteiger partial charge in [-0.15, -0.1) is 0 Å². The molecule has 0 bridgehead atoms. The van der Waals surface area contributed by atoms with Gasteiger partial charge in [-0.3, -0.25) is 4.79 Å². The first-order chi connectivity index (χ1) is 8.84. The van der Waals surface area contributed by atoms with Crippen molar-refractivity contribution >= 4 is 16.7 Å². The van der Waals surface area contributed by atoms with E-state index in [-0.39, 0.29) is 5.91 Å². The maximum Gasteiger partial charge on any atom is 0.253 e. The third-order valence-corrected chi connectivity index (χ3v) is 3.40. The van der Waals surface area contributed by atoms with Crippen LogP contribution in [0.1, 0.15) is 10.4 Å². The summed E-state index contributed by atoms with van der Waals surface area (Å²) in [5.41, 5.74) is 0.788. The Morgan fingerprint density at radius 2 is 1.72 bits per heavy atom. The zero-order valence-electron chi connectivity index (χ0n) is 10.2. The van der Waals surface area contributed by atoms with Crippen LogP contribution in [0.15, 0.2) is 42.5 Å². The maximum absolute atomic E-state index is 12.3. The average molecular weight is 240 g/mol. The number of fused-ring (bicyclic) bond motifs is 1. The monoisotopic (exact) mass is 240 g/mol. The summed E-state index contributed by atoms with van der Waals surface area (Å²) in [7, 11) is 0. The molecule has 0 radical (unpaired) electrons. The molecular formula is C15H16N2O. The first-order valence-corrected chi connectivity index (χ1v) is 6.33. The second-order valence-corrected chi connectivity index (χ2v) is 4.60. The first-order valence-electron chi connectivity index (χ1n) is 6.33. The summed E-state index contributed by atoms with van der Waals surface area (Å²) in [4.78, 5) is 14.3. The molecule has 3 heteroatoms. The summed E-state index contributed by atoms with van der Waals surface area (Å²) in [5.74, 6) is 0.141. The fraction of sp³-hybridized carbons (Fsp3) is 0.267. The second kappa shape index (κ2) is 4.78. The van der Waals surface area contributed by atoms with Gasteiger partial charge < -0.3 is 10.2 Å². The van der Waals surface area contributed by atoms with E-state index in [4.69, 9.17) is 0 Å². The molecule has 1 fully saturated rings. The van der Waals surface area contributed by atoms with E-state index in [9.17, 15) is 4.79 Å². The van der Waals surface area contributed by atoms with Gasteiger partial charge in [0.1, 0.15) is 0 Å². The molecule has 0 aliphatic carbocycles. The van der Waals surface area contributed by atoms with Crippen LogP contribution in [-0.2, 0) is 0 Å². The van der Waals surface area contributed by atoms with Crippen molar-refractivity contribution in [2.75, 3.05) is 26.2 Å². The number of carbonyl (C=O) groups is 1. The van der Waals surface area contributed by atoms with Crippen LogP contribution in [0, 0.1) is 0 Å². The van der Waals surface area contributed by atoms with Crippen molar-refractivity contribution in [1.82, 2.24) is 10.2 Å². The Labute approximate surface area is 106 Å². The van der Waals surface area contributed by atoms with Gasteiger partial charge in [-0.1, -0.05) is 30.3 Å². The summed E-state index contributed by atoms with van der Waals surface area (Å²) in [6.07, 6.45) is 0. The minimum atomic E-state index is 0.141. The highest BCUT2D eigenvalue weighted by Crippen LogP contribution is 2.17. The number of rotatable bonds is 1. The molecule has 0 unspecified atom stereocenters. The lowest BCUT2D eigenvalue weighted by atomic mass is 10.1. The van der Waals surface area contributed by atoms with Crippen LogP contribution in [-0.4, -0.2) is 37.0 Å². The highest BCUT2D eigenvalue weighted by molar-refractivity contribution is 5.98. The Hall–Kier alpha value is -1.87. The van der Waals surface area contributed by atoms with Gasteiger partial charge in [0.15, 0.2) is 0 Å². The van der Waals surface area contributed by atoms with E-state index < -0.39 is 0 Å². The van der Waals surface area contributed by atoms with Gasteiger partial charge in [0.05, 0.1) is 0 Å². The molecule has 92 valence electrons. The summed E-state index contributed by atoms with van der Waals surface area (Å²) in [6.45, 7) is 3.37. The highest BCUT2D eigenvalue weighted by Gasteiger charge is 2.17. The normalized spacial score (nSPS) is 15.9. The number of hydrogen-bond acceptors (Lipinski definition) is 2. The molecule has 2 aromatic carbocycles. The van der Waals surface area contributed by atoms with Gasteiger partial charge in [0.25, 0.3) is 5.91 Å². The molecule has 0 saturated carbocycles. The van der Waals surface area contributed by atoms with E-state index in [1.165, 1.54) is 5.39 Å². The Kier molecular flexibility index (Phi) is 2.99. The van der Waals surface area contributed by atoms with Gasteiger partial charge in [-0.2, -0.15) is 0 Å². The molecule has 3 nitrogen and oxygen atoms in total. The van der Waals surface area contributed by atoms with Crippen LogP contribution < -0.4 is 5.32 Å². The first kappa shape index (κ1) is 11.2. The molecule has 1 aliphatic heterocycles. The molecule has 1 heterocycles. The van der Waals surface area contributed by atoms with Crippen LogP contribution in [0.2, 0.25) is 0 Å². The number of benzene rings is 2. The highest BCUT2D eigenvalue weighted by atomic mass is 16.2. The van der Waals surface area contributed by atoms with Gasteiger partial charge in [-0.05, 0) is 22.9 Å². The molecule has 0 aromatic heterocycles. The van der Waals surface area contributed by atoms with Crippen molar-refractivity contribution in [2.45, 2.75) is 0 Å². The van der Waals surface area contributed by atoms with Gasteiger partial charge in [0.2, 0.25) is 0 Å². The van der Waals surface area contributed by atoms with Crippen molar-refractivity contribution in [1.29, 1.82) is 0 Å². The number of nitrogens with one attached hydrogen (secondary N) is 1. The third-order valence-electron chi connectivity index (χ3n) is 3.40. The molecule has 3 rings (SSSR count). The SMILES string of the molecule is O=C(c1ccc2ccccc2c1)N1CCNCC1. The van der Waals surface area contributed by atoms with Crippen molar-refractivity contribution in [3.05, 3.63) is 48.0 Å². The quantitative estimate of drug-likeness (QED) is 0.825. The smallest absolute Gasteiger partial charge is 0.253 e.